The number of aliphatic hydroxyl groups is 1. The second-order valence-electron chi connectivity index (χ2n) is 4.50. The molecule has 0 aromatic heterocycles. The van der Waals surface area contributed by atoms with Crippen LogP contribution in [0, 0.1) is 0 Å². The minimum atomic E-state index is -3.71. The van der Waals surface area contributed by atoms with E-state index >= 15 is 0 Å². The summed E-state index contributed by atoms with van der Waals surface area (Å²) in [5.41, 5.74) is 0.342. The molecule has 0 radical (unpaired) electrons. The fourth-order valence-electron chi connectivity index (χ4n) is 1.94. The summed E-state index contributed by atoms with van der Waals surface area (Å²) in [5, 5.41) is 9.53. The highest BCUT2D eigenvalue weighted by Crippen LogP contribution is 2.31. The number of hydrogen-bond donors (Lipinski definition) is 1. The van der Waals surface area contributed by atoms with Crippen LogP contribution in [-0.2, 0) is 16.6 Å². The number of sulfonamides is 1. The van der Waals surface area contributed by atoms with E-state index in [4.69, 9.17) is 23.2 Å². The predicted octanol–water partition coefficient (Wildman–Crippen LogP) is 3.29. The van der Waals surface area contributed by atoms with Gasteiger partial charge in [-0.1, -0.05) is 37.0 Å². The maximum Gasteiger partial charge on any atom is 0.244 e. The maximum atomic E-state index is 12.7. The topological polar surface area (TPSA) is 57.6 Å². The van der Waals surface area contributed by atoms with Crippen molar-refractivity contribution in [3.63, 3.8) is 0 Å². The lowest BCUT2D eigenvalue weighted by molar-refractivity contribution is 0.281. The lowest BCUT2D eigenvalue weighted by Crippen LogP contribution is -2.38. The van der Waals surface area contributed by atoms with Crippen LogP contribution in [0.25, 0.3) is 0 Å². The van der Waals surface area contributed by atoms with E-state index in [2.05, 4.69) is 0 Å². The summed E-state index contributed by atoms with van der Waals surface area (Å²) in [5.74, 6) is 0. The van der Waals surface area contributed by atoms with E-state index in [0.29, 0.717) is 18.5 Å². The second kappa shape index (κ2) is 7.09. The highest BCUT2D eigenvalue weighted by Gasteiger charge is 2.29. The summed E-state index contributed by atoms with van der Waals surface area (Å²) in [4.78, 5) is -0.0187. The molecule has 0 bridgehead atoms. The van der Waals surface area contributed by atoms with Gasteiger partial charge in [-0.3, -0.25) is 0 Å². The van der Waals surface area contributed by atoms with Gasteiger partial charge in [0.2, 0.25) is 10.0 Å². The third-order valence-electron chi connectivity index (χ3n) is 3.25. The number of rotatable bonds is 6. The first kappa shape index (κ1) is 17.7. The van der Waals surface area contributed by atoms with Crippen LogP contribution in [0.2, 0.25) is 10.0 Å². The van der Waals surface area contributed by atoms with Crippen molar-refractivity contribution in [2.45, 2.75) is 44.7 Å². The standard InChI is InChI=1S/C13H19Cl2NO3S/c1-4-9(3)16(5-2)20(18,19)13-6-10(8-17)11(14)7-12(13)15/h6-7,9,17H,4-5,8H2,1-3H3. The summed E-state index contributed by atoms with van der Waals surface area (Å²) >= 11 is 11.9. The molecule has 20 heavy (non-hydrogen) atoms. The SMILES string of the molecule is CCC(C)N(CC)S(=O)(=O)c1cc(CO)c(Cl)cc1Cl. The number of benzene rings is 1. The molecule has 4 nitrogen and oxygen atoms in total. The molecule has 1 aromatic carbocycles. The van der Waals surface area contributed by atoms with E-state index < -0.39 is 10.0 Å². The number of aliphatic hydroxyl groups excluding tert-OH is 1. The van der Waals surface area contributed by atoms with Gasteiger partial charge < -0.3 is 5.11 Å². The Morgan fingerprint density at radius 3 is 2.30 bits per heavy atom. The molecule has 0 aliphatic carbocycles. The van der Waals surface area contributed by atoms with Gasteiger partial charge in [-0.05, 0) is 31.0 Å². The molecular weight excluding hydrogens is 321 g/mol. The zero-order valence-corrected chi connectivity index (χ0v) is 14.1. The molecule has 0 spiro atoms. The van der Waals surface area contributed by atoms with Gasteiger partial charge in [0, 0.05) is 17.6 Å². The molecule has 0 heterocycles. The Morgan fingerprint density at radius 2 is 1.85 bits per heavy atom. The summed E-state index contributed by atoms with van der Waals surface area (Å²) in [6.45, 7) is 5.56. The van der Waals surface area contributed by atoms with Crippen molar-refractivity contribution in [1.29, 1.82) is 0 Å². The van der Waals surface area contributed by atoms with Crippen LogP contribution in [0.4, 0.5) is 0 Å². The van der Waals surface area contributed by atoms with Gasteiger partial charge >= 0.3 is 0 Å². The predicted molar refractivity (Wildman–Crippen MR) is 81.7 cm³/mol. The summed E-state index contributed by atoms with van der Waals surface area (Å²) in [6, 6.07) is 2.56. The Labute approximate surface area is 130 Å². The van der Waals surface area contributed by atoms with Crippen molar-refractivity contribution in [2.75, 3.05) is 6.54 Å². The molecule has 1 atom stereocenters. The Bertz CT molecular complexity index is 575. The highest BCUT2D eigenvalue weighted by atomic mass is 35.5. The minimum absolute atomic E-state index is 0.0187. The van der Waals surface area contributed by atoms with Crippen molar-refractivity contribution >= 4 is 33.2 Å². The normalized spacial score (nSPS) is 13.8. The van der Waals surface area contributed by atoms with Crippen LogP contribution >= 0.6 is 23.2 Å². The first-order valence-electron chi connectivity index (χ1n) is 6.40. The van der Waals surface area contributed by atoms with E-state index in [0.717, 1.165) is 0 Å². The summed E-state index contributed by atoms with van der Waals surface area (Å²) in [7, 11) is -3.71. The van der Waals surface area contributed by atoms with Gasteiger partial charge in [0.15, 0.2) is 0 Å². The molecule has 1 N–H and O–H groups in total. The minimum Gasteiger partial charge on any atom is -0.392 e. The Kier molecular flexibility index (Phi) is 6.28. The zero-order valence-electron chi connectivity index (χ0n) is 11.7. The zero-order chi connectivity index (χ0) is 15.5. The maximum absolute atomic E-state index is 12.7. The van der Waals surface area contributed by atoms with Gasteiger partial charge in [-0.15, -0.1) is 0 Å². The first-order valence-corrected chi connectivity index (χ1v) is 8.59. The van der Waals surface area contributed by atoms with Gasteiger partial charge in [0.05, 0.1) is 11.6 Å². The molecule has 0 aliphatic rings. The lowest BCUT2D eigenvalue weighted by atomic mass is 10.2. The number of halogens is 2. The van der Waals surface area contributed by atoms with Gasteiger partial charge in [-0.25, -0.2) is 8.42 Å². The first-order chi connectivity index (χ1) is 9.29. The molecule has 1 unspecified atom stereocenters. The van der Waals surface area contributed by atoms with E-state index in [-0.39, 0.29) is 27.6 Å². The largest absolute Gasteiger partial charge is 0.392 e. The summed E-state index contributed by atoms with van der Waals surface area (Å²) < 4.78 is 26.8. The molecule has 7 heteroatoms. The Hall–Kier alpha value is -0.330. The van der Waals surface area contributed by atoms with Crippen LogP contribution in [-0.4, -0.2) is 30.4 Å². The van der Waals surface area contributed by atoms with Crippen molar-refractivity contribution in [1.82, 2.24) is 4.31 Å². The van der Waals surface area contributed by atoms with Gasteiger partial charge in [0.1, 0.15) is 4.90 Å². The van der Waals surface area contributed by atoms with E-state index in [1.165, 1.54) is 16.4 Å². The average Bonchev–Trinajstić information content (AvgIpc) is 2.38. The third kappa shape index (κ3) is 3.46. The fraction of sp³-hybridized carbons (Fsp3) is 0.538. The molecular formula is C13H19Cl2NO3S. The quantitative estimate of drug-likeness (QED) is 0.864. The molecule has 0 saturated heterocycles. The molecule has 0 saturated carbocycles. The van der Waals surface area contributed by atoms with E-state index in [9.17, 15) is 13.5 Å². The highest BCUT2D eigenvalue weighted by molar-refractivity contribution is 7.89. The van der Waals surface area contributed by atoms with Crippen molar-refractivity contribution < 1.29 is 13.5 Å². The second-order valence-corrected chi connectivity index (χ2v) is 7.17. The van der Waals surface area contributed by atoms with Crippen LogP contribution in [0.5, 0.6) is 0 Å². The van der Waals surface area contributed by atoms with Crippen LogP contribution < -0.4 is 0 Å². The monoisotopic (exact) mass is 339 g/mol. The van der Waals surface area contributed by atoms with Crippen molar-refractivity contribution in [2.24, 2.45) is 0 Å². The lowest BCUT2D eigenvalue weighted by Gasteiger charge is -2.27. The molecule has 0 fully saturated rings. The smallest absolute Gasteiger partial charge is 0.244 e. The van der Waals surface area contributed by atoms with Crippen molar-refractivity contribution in [3.05, 3.63) is 27.7 Å². The van der Waals surface area contributed by atoms with Crippen LogP contribution in [0.15, 0.2) is 17.0 Å². The summed E-state index contributed by atoms with van der Waals surface area (Å²) in [6.07, 6.45) is 0.700. The number of nitrogens with zero attached hydrogens (tertiary/aromatic N) is 1. The van der Waals surface area contributed by atoms with Gasteiger partial charge in [0.25, 0.3) is 0 Å². The van der Waals surface area contributed by atoms with E-state index in [1.54, 1.807) is 6.92 Å². The van der Waals surface area contributed by atoms with Crippen molar-refractivity contribution in [3.8, 4) is 0 Å². The molecule has 0 amide bonds. The molecule has 1 aromatic rings. The molecule has 0 aliphatic heterocycles. The molecule has 1 rings (SSSR count). The van der Waals surface area contributed by atoms with Gasteiger partial charge in [-0.2, -0.15) is 4.31 Å². The van der Waals surface area contributed by atoms with Crippen LogP contribution in [0.3, 0.4) is 0 Å². The Morgan fingerprint density at radius 1 is 1.25 bits per heavy atom. The average molecular weight is 340 g/mol. The number of hydrogen-bond acceptors (Lipinski definition) is 3. The Balaban J connectivity index is 3.41. The fourth-order valence-corrected chi connectivity index (χ4v) is 4.49. The van der Waals surface area contributed by atoms with E-state index in [1.807, 2.05) is 13.8 Å². The third-order valence-corrected chi connectivity index (χ3v) is 6.16. The van der Waals surface area contributed by atoms with Crippen LogP contribution in [0.1, 0.15) is 32.8 Å². The molecule has 114 valence electrons.